The molecule has 0 bridgehead atoms. The Bertz CT molecular complexity index is 1110. The lowest BCUT2D eigenvalue weighted by molar-refractivity contribution is -0.141. The highest BCUT2D eigenvalue weighted by atomic mass is 19.4. The molecule has 14 heteroatoms. The van der Waals surface area contributed by atoms with Gasteiger partial charge in [-0.1, -0.05) is 0 Å². The van der Waals surface area contributed by atoms with Crippen LogP contribution in [0.1, 0.15) is 24.2 Å². The summed E-state index contributed by atoms with van der Waals surface area (Å²) in [5.74, 6) is -0.251. The zero-order valence-corrected chi connectivity index (χ0v) is 16.0. The second-order valence-electron chi connectivity index (χ2n) is 6.94. The van der Waals surface area contributed by atoms with Crippen molar-refractivity contribution in [1.82, 2.24) is 29.9 Å². The van der Waals surface area contributed by atoms with Gasteiger partial charge in [0.15, 0.2) is 17.2 Å². The Morgan fingerprint density at radius 3 is 2.34 bits per heavy atom. The topological polar surface area (TPSA) is 101 Å². The summed E-state index contributed by atoms with van der Waals surface area (Å²) in [5, 5.41) is 5.34. The molecule has 32 heavy (non-hydrogen) atoms. The number of nitrogens with zero attached hydrogens (tertiary/aromatic N) is 6. The van der Waals surface area contributed by atoms with E-state index in [2.05, 4.69) is 40.5 Å². The first kappa shape index (κ1) is 21.6. The number of nitrogens with one attached hydrogen (secondary N) is 2. The summed E-state index contributed by atoms with van der Waals surface area (Å²) < 4.78 is 78.8. The minimum Gasteiger partial charge on any atom is -0.354 e. The zero-order chi connectivity index (χ0) is 22.9. The standard InChI is InChI=1S/C18H14F6N8/c19-17(20,21)12-8-25-7-11(28-12)14-30-15(27-6-9-3-4-9)32-16(31-14)29-10-2-1-5-26-13(10)18(22,23)24/h1-2,5,7-9H,3-4,6H2,(H2,27,29,30,31,32). The van der Waals surface area contributed by atoms with Crippen LogP contribution in [0.4, 0.5) is 43.9 Å². The average Bonchev–Trinajstić information content (AvgIpc) is 3.56. The summed E-state index contributed by atoms with van der Waals surface area (Å²) in [6, 6.07) is 2.41. The van der Waals surface area contributed by atoms with E-state index in [1.165, 1.54) is 6.07 Å². The van der Waals surface area contributed by atoms with Crippen LogP contribution in [0.3, 0.4) is 0 Å². The highest BCUT2D eigenvalue weighted by molar-refractivity contribution is 5.60. The van der Waals surface area contributed by atoms with Crippen LogP contribution in [0.2, 0.25) is 0 Å². The Labute approximate surface area is 176 Å². The molecule has 168 valence electrons. The van der Waals surface area contributed by atoms with Crippen LogP contribution in [0.5, 0.6) is 0 Å². The monoisotopic (exact) mass is 456 g/mol. The number of anilines is 3. The predicted molar refractivity (Wildman–Crippen MR) is 99.6 cm³/mol. The molecule has 0 saturated heterocycles. The highest BCUT2D eigenvalue weighted by Crippen LogP contribution is 2.34. The van der Waals surface area contributed by atoms with Crippen molar-refractivity contribution in [1.29, 1.82) is 0 Å². The largest absolute Gasteiger partial charge is 0.435 e. The normalized spacial score (nSPS) is 14.3. The molecule has 0 amide bonds. The molecule has 1 aliphatic rings. The lowest BCUT2D eigenvalue weighted by atomic mass is 10.3. The molecule has 4 rings (SSSR count). The van der Waals surface area contributed by atoms with Gasteiger partial charge in [-0.15, -0.1) is 0 Å². The number of hydrogen-bond donors (Lipinski definition) is 2. The van der Waals surface area contributed by atoms with Crippen LogP contribution in [-0.4, -0.2) is 36.4 Å². The maximum absolute atomic E-state index is 13.3. The van der Waals surface area contributed by atoms with Gasteiger partial charge in [0, 0.05) is 12.7 Å². The average molecular weight is 456 g/mol. The van der Waals surface area contributed by atoms with Gasteiger partial charge in [-0.2, -0.15) is 41.3 Å². The number of rotatable bonds is 6. The van der Waals surface area contributed by atoms with E-state index >= 15 is 0 Å². The molecule has 0 unspecified atom stereocenters. The van der Waals surface area contributed by atoms with Gasteiger partial charge < -0.3 is 10.6 Å². The fraction of sp³-hybridized carbons (Fsp3) is 0.333. The lowest BCUT2D eigenvalue weighted by Crippen LogP contribution is -2.14. The van der Waals surface area contributed by atoms with E-state index in [1.807, 2.05) is 0 Å². The second-order valence-corrected chi connectivity index (χ2v) is 6.94. The first-order valence-electron chi connectivity index (χ1n) is 9.28. The Morgan fingerprint density at radius 1 is 0.906 bits per heavy atom. The van der Waals surface area contributed by atoms with Gasteiger partial charge in [0.05, 0.1) is 18.1 Å². The number of aromatic nitrogens is 6. The summed E-state index contributed by atoms with van der Waals surface area (Å²) in [7, 11) is 0. The molecule has 3 aromatic rings. The minimum atomic E-state index is -4.75. The van der Waals surface area contributed by atoms with Gasteiger partial charge in [-0.05, 0) is 30.9 Å². The molecular weight excluding hydrogens is 442 g/mol. The Balaban J connectivity index is 1.72. The SMILES string of the molecule is FC(F)(F)c1cncc(-c2nc(NCC3CC3)nc(Nc3cccnc3C(F)(F)F)n2)n1. The van der Waals surface area contributed by atoms with Crippen molar-refractivity contribution in [3.8, 4) is 11.5 Å². The summed E-state index contributed by atoms with van der Waals surface area (Å²) in [6.45, 7) is 0.498. The van der Waals surface area contributed by atoms with E-state index in [4.69, 9.17) is 0 Å². The van der Waals surface area contributed by atoms with E-state index in [0.717, 1.165) is 31.3 Å². The summed E-state index contributed by atoms with van der Waals surface area (Å²) in [4.78, 5) is 22.4. The quantitative estimate of drug-likeness (QED) is 0.529. The maximum Gasteiger partial charge on any atom is 0.435 e. The van der Waals surface area contributed by atoms with Crippen LogP contribution >= 0.6 is 0 Å². The van der Waals surface area contributed by atoms with Crippen molar-refractivity contribution in [2.75, 3.05) is 17.2 Å². The van der Waals surface area contributed by atoms with E-state index in [-0.39, 0.29) is 23.4 Å². The molecule has 0 aliphatic heterocycles. The zero-order valence-electron chi connectivity index (χ0n) is 16.0. The second kappa shape index (κ2) is 8.16. The van der Waals surface area contributed by atoms with Crippen molar-refractivity contribution in [2.24, 2.45) is 5.92 Å². The van der Waals surface area contributed by atoms with Gasteiger partial charge in [-0.3, -0.25) is 4.98 Å². The molecule has 8 nitrogen and oxygen atoms in total. The summed E-state index contributed by atoms with van der Waals surface area (Å²) in [6.07, 6.45) is -4.96. The molecule has 0 aromatic carbocycles. The molecule has 0 spiro atoms. The number of alkyl halides is 6. The fourth-order valence-corrected chi connectivity index (χ4v) is 2.65. The molecule has 2 N–H and O–H groups in total. The van der Waals surface area contributed by atoms with Crippen LogP contribution < -0.4 is 10.6 Å². The van der Waals surface area contributed by atoms with Crippen molar-refractivity contribution >= 4 is 17.6 Å². The number of hydrogen-bond acceptors (Lipinski definition) is 8. The Hall–Kier alpha value is -3.58. The smallest absolute Gasteiger partial charge is 0.354 e. The van der Waals surface area contributed by atoms with Gasteiger partial charge >= 0.3 is 12.4 Å². The molecule has 0 atom stereocenters. The fourth-order valence-electron chi connectivity index (χ4n) is 2.65. The van der Waals surface area contributed by atoms with E-state index in [9.17, 15) is 26.3 Å². The van der Waals surface area contributed by atoms with Gasteiger partial charge in [0.25, 0.3) is 0 Å². The minimum absolute atomic E-state index is 0.0268. The Kier molecular flexibility index (Phi) is 5.52. The van der Waals surface area contributed by atoms with Crippen LogP contribution in [-0.2, 0) is 12.4 Å². The first-order chi connectivity index (χ1) is 15.1. The Morgan fingerprint density at radius 2 is 1.66 bits per heavy atom. The van der Waals surface area contributed by atoms with Crippen molar-refractivity contribution in [3.05, 3.63) is 42.1 Å². The van der Waals surface area contributed by atoms with Crippen LogP contribution in [0, 0.1) is 5.92 Å². The van der Waals surface area contributed by atoms with E-state index in [1.54, 1.807) is 0 Å². The lowest BCUT2D eigenvalue weighted by Gasteiger charge is -2.14. The third-order valence-corrected chi connectivity index (χ3v) is 4.36. The molecular formula is C18H14F6N8. The predicted octanol–water partition coefficient (Wildman–Crippen LogP) is 4.33. The van der Waals surface area contributed by atoms with Crippen molar-refractivity contribution < 1.29 is 26.3 Å². The highest BCUT2D eigenvalue weighted by Gasteiger charge is 2.36. The molecule has 1 fully saturated rings. The number of pyridine rings is 1. The van der Waals surface area contributed by atoms with Gasteiger partial charge in [0.2, 0.25) is 11.9 Å². The molecule has 3 heterocycles. The van der Waals surface area contributed by atoms with E-state index in [0.29, 0.717) is 18.7 Å². The summed E-state index contributed by atoms with van der Waals surface area (Å²) >= 11 is 0. The van der Waals surface area contributed by atoms with Gasteiger partial charge in [-0.25, -0.2) is 9.97 Å². The van der Waals surface area contributed by atoms with E-state index < -0.39 is 29.4 Å². The van der Waals surface area contributed by atoms with Crippen LogP contribution in [0.15, 0.2) is 30.7 Å². The summed E-state index contributed by atoms with van der Waals surface area (Å²) in [5.41, 5.74) is -3.21. The van der Waals surface area contributed by atoms with Crippen molar-refractivity contribution in [2.45, 2.75) is 25.2 Å². The first-order valence-corrected chi connectivity index (χ1v) is 9.28. The van der Waals surface area contributed by atoms with Crippen LogP contribution in [0.25, 0.3) is 11.5 Å². The van der Waals surface area contributed by atoms with Gasteiger partial charge in [0.1, 0.15) is 5.69 Å². The van der Waals surface area contributed by atoms with Crippen molar-refractivity contribution in [3.63, 3.8) is 0 Å². The third kappa shape index (κ3) is 5.18. The molecule has 1 aliphatic carbocycles. The maximum atomic E-state index is 13.3. The molecule has 3 aromatic heterocycles. The molecule has 0 radical (unpaired) electrons. The third-order valence-electron chi connectivity index (χ3n) is 4.36. The number of halogens is 6. The molecule has 1 saturated carbocycles.